The predicted molar refractivity (Wildman–Crippen MR) is 256 cm³/mol. The third-order valence-electron chi connectivity index (χ3n) is 3.45. The summed E-state index contributed by atoms with van der Waals surface area (Å²) >= 11 is 0. The summed E-state index contributed by atoms with van der Waals surface area (Å²) in [6.45, 7) is 6.99. The molecule has 2 nitrogen and oxygen atoms in total. The molecular formula is C61H15BNO. The SMILES string of the molecule is C#CC#CC#CC#CC#CC#CC#CC#CC#CC#CC#CC#CC#CC#CC#CC#CC#CC#CC#CC#CC#CC#CC#CC#CC#CC#CC#CC#CC.CC.CC(N)=O.[B]. The summed E-state index contributed by atoms with van der Waals surface area (Å²) in [7, 11) is 0. The van der Waals surface area contributed by atoms with Crippen molar-refractivity contribution in [2.45, 2.75) is 27.7 Å². The Morgan fingerprint density at radius 1 is 0.266 bits per heavy atom. The van der Waals surface area contributed by atoms with E-state index in [1.165, 1.54) is 6.92 Å². The monoisotopic (exact) mass is 788 g/mol. The smallest absolute Gasteiger partial charge is 0.214 e. The molecule has 0 bridgehead atoms. The summed E-state index contributed by atoms with van der Waals surface area (Å²) < 4.78 is 0. The van der Waals surface area contributed by atoms with Gasteiger partial charge in [-0.05, 0) is 102 Å². The zero-order valence-electron chi connectivity index (χ0n) is 34.1. The highest BCUT2D eigenvalue weighted by atomic mass is 16.1. The van der Waals surface area contributed by atoms with Gasteiger partial charge in [0.1, 0.15) is 0 Å². The number of terminal acetylenes is 1. The molecule has 0 saturated heterocycles. The summed E-state index contributed by atoms with van der Waals surface area (Å²) in [5.74, 6) is 137. The Balaban J connectivity index is -0.00000242. The minimum absolute atomic E-state index is 0. The molecule has 0 aromatic heterocycles. The van der Waals surface area contributed by atoms with E-state index >= 15 is 0 Å². The van der Waals surface area contributed by atoms with E-state index < -0.39 is 0 Å². The fourth-order valence-corrected chi connectivity index (χ4v) is 1.69. The van der Waals surface area contributed by atoms with Crippen molar-refractivity contribution in [1.29, 1.82) is 0 Å². The van der Waals surface area contributed by atoms with Gasteiger partial charge < -0.3 is 5.73 Å². The number of carbonyl (C=O) groups is 1. The molecule has 3 heteroatoms. The summed E-state index contributed by atoms with van der Waals surface area (Å²) in [4.78, 5) is 9.22. The van der Waals surface area contributed by atoms with Gasteiger partial charge in [0.25, 0.3) is 0 Å². The Morgan fingerprint density at radius 3 is 0.422 bits per heavy atom. The minimum Gasteiger partial charge on any atom is -0.370 e. The topological polar surface area (TPSA) is 43.1 Å². The van der Waals surface area contributed by atoms with Crippen molar-refractivity contribution in [3.05, 3.63) is 0 Å². The van der Waals surface area contributed by atoms with E-state index in [-0.39, 0.29) is 14.3 Å². The van der Waals surface area contributed by atoms with Crippen LogP contribution in [0.4, 0.5) is 0 Å². The first-order valence-corrected chi connectivity index (χ1v) is 16.3. The number of hydrogen-bond acceptors (Lipinski definition) is 1. The van der Waals surface area contributed by atoms with Crippen LogP contribution in [0.5, 0.6) is 0 Å². The molecule has 3 radical (unpaired) electrons. The van der Waals surface area contributed by atoms with Crippen LogP contribution in [0.1, 0.15) is 27.7 Å². The molecule has 0 aliphatic heterocycles. The van der Waals surface area contributed by atoms with Gasteiger partial charge in [0.2, 0.25) is 5.91 Å². The van der Waals surface area contributed by atoms with Crippen molar-refractivity contribution in [3.8, 4) is 332 Å². The molecule has 0 atom stereocenters. The Morgan fingerprint density at radius 2 is 0.344 bits per heavy atom. The molecule has 0 aromatic carbocycles. The fourth-order valence-electron chi connectivity index (χ4n) is 1.69. The van der Waals surface area contributed by atoms with Crippen LogP contribution >= 0.6 is 0 Å². The molecule has 1 amide bonds. The Kier molecular flexibility index (Phi) is 53.9. The van der Waals surface area contributed by atoms with Crippen molar-refractivity contribution >= 4 is 14.3 Å². The molecule has 2 N–H and O–H groups in total. The van der Waals surface area contributed by atoms with E-state index in [0.717, 1.165) is 0 Å². The summed E-state index contributed by atoms with van der Waals surface area (Å²) in [5, 5.41) is 0. The molecule has 0 aromatic rings. The highest BCUT2D eigenvalue weighted by Gasteiger charge is 1.63. The maximum atomic E-state index is 9.22. The molecule has 0 unspecified atom stereocenters. The van der Waals surface area contributed by atoms with E-state index in [9.17, 15) is 4.79 Å². The Bertz CT molecular complexity index is 3700. The Labute approximate surface area is 382 Å². The molecule has 0 fully saturated rings. The lowest BCUT2D eigenvalue weighted by Crippen LogP contribution is -2.01. The molecule has 0 rings (SSSR count). The minimum atomic E-state index is -0.333. The van der Waals surface area contributed by atoms with Crippen LogP contribution in [0.3, 0.4) is 0 Å². The maximum Gasteiger partial charge on any atom is 0.214 e. The summed E-state index contributed by atoms with van der Waals surface area (Å²) in [5.41, 5.74) is 4.47. The molecule has 273 valence electrons. The average molecular weight is 789 g/mol. The van der Waals surface area contributed by atoms with Gasteiger partial charge in [-0.15, -0.1) is 6.42 Å². The van der Waals surface area contributed by atoms with Crippen LogP contribution in [0.15, 0.2) is 0 Å². The summed E-state index contributed by atoms with van der Waals surface area (Å²) in [6.07, 6.45) is 4.94. The fraction of sp³-hybridized carbons (Fsp3) is 0.0656. The van der Waals surface area contributed by atoms with E-state index in [1.807, 2.05) is 13.8 Å². The van der Waals surface area contributed by atoms with Crippen LogP contribution in [0, 0.1) is 332 Å². The van der Waals surface area contributed by atoms with E-state index in [1.54, 1.807) is 6.92 Å². The van der Waals surface area contributed by atoms with Crippen LogP contribution in [0.25, 0.3) is 0 Å². The maximum absolute atomic E-state index is 9.22. The van der Waals surface area contributed by atoms with Crippen LogP contribution in [-0.2, 0) is 4.79 Å². The first kappa shape index (κ1) is 57.9. The lowest BCUT2D eigenvalue weighted by molar-refractivity contribution is -0.115. The molecule has 0 aliphatic rings. The largest absolute Gasteiger partial charge is 0.370 e. The molecule has 0 spiro atoms. The number of nitrogens with two attached hydrogens (primary N) is 1. The predicted octanol–water partition coefficient (Wildman–Crippen LogP) is 0.868. The van der Waals surface area contributed by atoms with Crippen LogP contribution < -0.4 is 5.73 Å². The third-order valence-corrected chi connectivity index (χ3v) is 3.45. The van der Waals surface area contributed by atoms with E-state index in [0.29, 0.717) is 0 Å². The number of amides is 1. The van der Waals surface area contributed by atoms with Crippen molar-refractivity contribution in [2.24, 2.45) is 5.73 Å². The summed E-state index contributed by atoms with van der Waals surface area (Å²) in [6, 6.07) is 0. The lowest BCUT2D eigenvalue weighted by atomic mass is 10.4. The van der Waals surface area contributed by atoms with Crippen LogP contribution in [-0.4, -0.2) is 14.3 Å². The van der Waals surface area contributed by atoms with Gasteiger partial charge in [0, 0.05) is 240 Å². The van der Waals surface area contributed by atoms with Crippen LogP contribution in [0.2, 0.25) is 0 Å². The van der Waals surface area contributed by atoms with Crippen molar-refractivity contribution in [2.75, 3.05) is 0 Å². The highest BCUT2D eigenvalue weighted by molar-refractivity contribution is 5.75. The third kappa shape index (κ3) is 67.4. The van der Waals surface area contributed by atoms with Gasteiger partial charge in [0.05, 0.1) is 0 Å². The Hall–Kier alpha value is -12.8. The van der Waals surface area contributed by atoms with Gasteiger partial charge in [-0.3, -0.25) is 4.79 Å². The average Bonchev–Trinajstić information content (AvgIpc) is 3.28. The molecule has 0 aliphatic carbocycles. The van der Waals surface area contributed by atoms with Crippen molar-refractivity contribution in [3.63, 3.8) is 0 Å². The number of rotatable bonds is 0. The van der Waals surface area contributed by atoms with Crippen molar-refractivity contribution in [1.82, 2.24) is 0 Å². The van der Waals surface area contributed by atoms with E-state index in [2.05, 4.69) is 331 Å². The van der Waals surface area contributed by atoms with E-state index in [4.69, 9.17) is 6.42 Å². The number of primary amides is 1. The molecular weight excluding hydrogens is 773 g/mol. The van der Waals surface area contributed by atoms with Gasteiger partial charge in [0.15, 0.2) is 0 Å². The van der Waals surface area contributed by atoms with Gasteiger partial charge in [-0.2, -0.15) is 0 Å². The number of hydrogen-bond donors (Lipinski definition) is 1. The quantitative estimate of drug-likeness (QED) is 0.288. The molecule has 0 heterocycles. The number of carbonyl (C=O) groups excluding carboxylic acids is 1. The zero-order chi connectivity index (χ0) is 46.5. The van der Waals surface area contributed by atoms with Gasteiger partial charge in [-0.25, -0.2) is 0 Å². The standard InChI is InChI=1S/C57H4.C2H5NO.C2H6.B/c1-3-5-7-9-11-13-15-17-19-21-23-25-27-29-31-33-35-37-39-41-43-45-47-49-51-53-55-57-56-54-52-50-48-46-44-42-40-38-36-34-32-30-28-26-24-22-20-18-16-14-12-10-8-6-4-2;1-2(3)4;1-2;/h1H,2H3;1H3,(H2,3,4);1-2H3;. The van der Waals surface area contributed by atoms with Crippen molar-refractivity contribution < 1.29 is 4.79 Å². The first-order valence-electron chi connectivity index (χ1n) is 16.3. The second-order valence-electron chi connectivity index (χ2n) is 7.63. The van der Waals surface area contributed by atoms with Gasteiger partial charge >= 0.3 is 0 Å². The molecule has 0 saturated carbocycles. The zero-order valence-corrected chi connectivity index (χ0v) is 34.1. The van der Waals surface area contributed by atoms with Gasteiger partial charge in [-0.1, -0.05) is 19.8 Å². The lowest BCUT2D eigenvalue weighted by Gasteiger charge is -1.60. The second-order valence-corrected chi connectivity index (χ2v) is 7.63. The second kappa shape index (κ2) is 59.5. The molecule has 64 heavy (non-hydrogen) atoms. The highest BCUT2D eigenvalue weighted by Crippen LogP contribution is 1.63. The normalized spacial score (nSPS) is 3.98. The first-order chi connectivity index (χ1) is 31.1.